The summed E-state index contributed by atoms with van der Waals surface area (Å²) in [6.45, 7) is 1.45. The second kappa shape index (κ2) is 4.80. The van der Waals surface area contributed by atoms with Gasteiger partial charge in [0.2, 0.25) is 0 Å². The summed E-state index contributed by atoms with van der Waals surface area (Å²) in [5.74, 6) is 0.614. The van der Waals surface area contributed by atoms with E-state index < -0.39 is 11.0 Å². The largest absolute Gasteiger partial charge is 0.493 e. The van der Waals surface area contributed by atoms with Gasteiger partial charge in [0.1, 0.15) is 0 Å². The van der Waals surface area contributed by atoms with Crippen LogP contribution in [-0.2, 0) is 0 Å². The molecule has 0 aliphatic heterocycles. The number of methoxy groups -OCH3 is 2. The SMILES string of the molecule is COc1cc([C@@H](C)O)c([N+](=O)[O-])cc1OC. The summed E-state index contributed by atoms with van der Waals surface area (Å²) in [5, 5.41) is 20.2. The van der Waals surface area contributed by atoms with Crippen LogP contribution in [0.5, 0.6) is 11.5 Å². The summed E-state index contributed by atoms with van der Waals surface area (Å²) in [5.41, 5.74) is 0.00954. The fourth-order valence-corrected chi connectivity index (χ4v) is 1.38. The monoisotopic (exact) mass is 227 g/mol. The van der Waals surface area contributed by atoms with E-state index in [0.29, 0.717) is 5.75 Å². The second-order valence-electron chi connectivity index (χ2n) is 3.20. The molecule has 0 amide bonds. The molecule has 0 radical (unpaired) electrons. The van der Waals surface area contributed by atoms with Gasteiger partial charge >= 0.3 is 0 Å². The molecule has 0 spiro atoms. The molecule has 0 fully saturated rings. The molecule has 16 heavy (non-hydrogen) atoms. The summed E-state index contributed by atoms with van der Waals surface area (Å²) < 4.78 is 9.95. The Hall–Kier alpha value is -1.82. The fraction of sp³-hybridized carbons (Fsp3) is 0.400. The van der Waals surface area contributed by atoms with E-state index >= 15 is 0 Å². The number of hydrogen-bond acceptors (Lipinski definition) is 5. The van der Waals surface area contributed by atoms with Crippen LogP contribution in [0.4, 0.5) is 5.69 Å². The van der Waals surface area contributed by atoms with Gasteiger partial charge in [0, 0.05) is 0 Å². The predicted octanol–water partition coefficient (Wildman–Crippen LogP) is 1.67. The lowest BCUT2D eigenvalue weighted by Crippen LogP contribution is -2.01. The van der Waals surface area contributed by atoms with Gasteiger partial charge in [0.15, 0.2) is 11.5 Å². The maximum Gasteiger partial charge on any atom is 0.279 e. The van der Waals surface area contributed by atoms with Crippen LogP contribution in [0.3, 0.4) is 0 Å². The first-order valence-corrected chi connectivity index (χ1v) is 4.59. The number of nitro groups is 1. The zero-order chi connectivity index (χ0) is 12.3. The molecule has 6 heteroatoms. The Morgan fingerprint density at radius 1 is 1.31 bits per heavy atom. The molecule has 0 saturated carbocycles. The first kappa shape index (κ1) is 12.3. The molecule has 1 atom stereocenters. The average molecular weight is 227 g/mol. The molecule has 1 N–H and O–H groups in total. The minimum atomic E-state index is -0.944. The molecule has 0 aliphatic carbocycles. The van der Waals surface area contributed by atoms with Gasteiger partial charge in [-0.3, -0.25) is 10.1 Å². The molecule has 0 heterocycles. The zero-order valence-corrected chi connectivity index (χ0v) is 9.26. The van der Waals surface area contributed by atoms with Crippen LogP contribution in [0.2, 0.25) is 0 Å². The molecule has 88 valence electrons. The molecule has 0 aliphatic rings. The second-order valence-corrected chi connectivity index (χ2v) is 3.20. The molecule has 0 unspecified atom stereocenters. The number of nitrogens with zero attached hydrogens (tertiary/aromatic N) is 1. The van der Waals surface area contributed by atoms with Crippen LogP contribution in [0, 0.1) is 10.1 Å². The van der Waals surface area contributed by atoms with Crippen molar-refractivity contribution in [2.75, 3.05) is 14.2 Å². The number of hydrogen-bond donors (Lipinski definition) is 1. The summed E-state index contributed by atoms with van der Waals surface area (Å²) >= 11 is 0. The van der Waals surface area contributed by atoms with E-state index in [1.807, 2.05) is 0 Å². The number of nitro benzene ring substituents is 1. The summed E-state index contributed by atoms with van der Waals surface area (Å²) in [4.78, 5) is 10.2. The van der Waals surface area contributed by atoms with Crippen LogP contribution in [0.1, 0.15) is 18.6 Å². The lowest BCUT2D eigenvalue weighted by Gasteiger charge is -2.11. The zero-order valence-electron chi connectivity index (χ0n) is 9.26. The summed E-state index contributed by atoms with van der Waals surface area (Å²) in [6.07, 6.45) is -0.944. The standard InChI is InChI=1S/C10H13NO5/c1-6(12)7-4-9(15-2)10(16-3)5-8(7)11(13)14/h4-6,12H,1-3H3/t6-/m1/s1. The minimum absolute atomic E-state index is 0.187. The predicted molar refractivity (Wildman–Crippen MR) is 56.8 cm³/mol. The van der Waals surface area contributed by atoms with E-state index in [-0.39, 0.29) is 17.0 Å². The van der Waals surface area contributed by atoms with Crippen LogP contribution in [0.15, 0.2) is 12.1 Å². The maximum absolute atomic E-state index is 10.8. The molecular weight excluding hydrogens is 214 g/mol. The van der Waals surface area contributed by atoms with Gasteiger partial charge in [-0.2, -0.15) is 0 Å². The Morgan fingerprint density at radius 3 is 2.19 bits per heavy atom. The smallest absolute Gasteiger partial charge is 0.279 e. The van der Waals surface area contributed by atoms with Crippen molar-refractivity contribution in [3.05, 3.63) is 27.8 Å². The van der Waals surface area contributed by atoms with Crippen molar-refractivity contribution in [1.29, 1.82) is 0 Å². The number of aliphatic hydroxyl groups excluding tert-OH is 1. The molecule has 0 aromatic heterocycles. The van der Waals surface area contributed by atoms with Gasteiger partial charge in [0.25, 0.3) is 5.69 Å². The van der Waals surface area contributed by atoms with Gasteiger partial charge in [-0.25, -0.2) is 0 Å². The maximum atomic E-state index is 10.8. The topological polar surface area (TPSA) is 81.8 Å². The van der Waals surface area contributed by atoms with E-state index in [1.54, 1.807) is 0 Å². The normalized spacial score (nSPS) is 12.0. The van der Waals surface area contributed by atoms with E-state index in [4.69, 9.17) is 9.47 Å². The number of aliphatic hydroxyl groups is 1. The quantitative estimate of drug-likeness (QED) is 0.624. The van der Waals surface area contributed by atoms with E-state index in [2.05, 4.69) is 0 Å². The number of ether oxygens (including phenoxy) is 2. The van der Waals surface area contributed by atoms with Crippen molar-refractivity contribution in [2.45, 2.75) is 13.0 Å². The third-order valence-corrected chi connectivity index (χ3v) is 2.18. The van der Waals surface area contributed by atoms with Crippen molar-refractivity contribution in [3.63, 3.8) is 0 Å². The van der Waals surface area contributed by atoms with E-state index in [0.717, 1.165) is 0 Å². The Morgan fingerprint density at radius 2 is 1.81 bits per heavy atom. The van der Waals surface area contributed by atoms with Crippen LogP contribution < -0.4 is 9.47 Å². The van der Waals surface area contributed by atoms with E-state index in [9.17, 15) is 15.2 Å². The van der Waals surface area contributed by atoms with Gasteiger partial charge < -0.3 is 14.6 Å². The van der Waals surface area contributed by atoms with Gasteiger partial charge in [-0.15, -0.1) is 0 Å². The first-order chi connectivity index (χ1) is 7.51. The Balaban J connectivity index is 3.41. The molecule has 1 aromatic rings. The fourth-order valence-electron chi connectivity index (χ4n) is 1.38. The highest BCUT2D eigenvalue weighted by atomic mass is 16.6. The summed E-state index contributed by atoms with van der Waals surface area (Å²) in [7, 11) is 2.82. The molecule has 1 aromatic carbocycles. The molecule has 1 rings (SSSR count). The number of benzene rings is 1. The van der Waals surface area contributed by atoms with Gasteiger partial charge in [-0.05, 0) is 13.0 Å². The Bertz CT molecular complexity index is 402. The van der Waals surface area contributed by atoms with Crippen LogP contribution in [-0.4, -0.2) is 24.2 Å². The van der Waals surface area contributed by atoms with Gasteiger partial charge in [0.05, 0.1) is 36.9 Å². The minimum Gasteiger partial charge on any atom is -0.493 e. The lowest BCUT2D eigenvalue weighted by atomic mass is 10.1. The highest BCUT2D eigenvalue weighted by molar-refractivity contribution is 5.54. The Kier molecular flexibility index (Phi) is 3.68. The first-order valence-electron chi connectivity index (χ1n) is 4.59. The molecule has 0 saturated heterocycles. The van der Waals surface area contributed by atoms with E-state index in [1.165, 1.54) is 33.3 Å². The van der Waals surface area contributed by atoms with Crippen LogP contribution >= 0.6 is 0 Å². The van der Waals surface area contributed by atoms with Crippen molar-refractivity contribution in [1.82, 2.24) is 0 Å². The van der Waals surface area contributed by atoms with Crippen molar-refractivity contribution >= 4 is 5.69 Å². The third kappa shape index (κ3) is 2.22. The summed E-state index contributed by atoms with van der Waals surface area (Å²) in [6, 6.07) is 2.64. The van der Waals surface area contributed by atoms with Crippen LogP contribution in [0.25, 0.3) is 0 Å². The van der Waals surface area contributed by atoms with Crippen molar-refractivity contribution in [2.24, 2.45) is 0 Å². The van der Waals surface area contributed by atoms with Crippen molar-refractivity contribution < 1.29 is 19.5 Å². The Labute approximate surface area is 92.6 Å². The molecular formula is C10H13NO5. The average Bonchev–Trinajstić information content (AvgIpc) is 2.26. The molecule has 6 nitrogen and oxygen atoms in total. The third-order valence-electron chi connectivity index (χ3n) is 2.18. The lowest BCUT2D eigenvalue weighted by molar-refractivity contribution is -0.386. The number of rotatable bonds is 4. The molecule has 0 bridgehead atoms. The van der Waals surface area contributed by atoms with Crippen molar-refractivity contribution in [3.8, 4) is 11.5 Å². The van der Waals surface area contributed by atoms with Gasteiger partial charge in [-0.1, -0.05) is 0 Å². The highest BCUT2D eigenvalue weighted by Crippen LogP contribution is 2.36. The highest BCUT2D eigenvalue weighted by Gasteiger charge is 2.22.